The third-order valence-electron chi connectivity index (χ3n) is 5.16. The Bertz CT molecular complexity index is 1160. The molecule has 0 bridgehead atoms. The van der Waals surface area contributed by atoms with E-state index in [4.69, 9.17) is 4.74 Å². The molecule has 0 aliphatic carbocycles. The lowest BCUT2D eigenvalue weighted by atomic mass is 10.2. The first kappa shape index (κ1) is 21.6. The second-order valence-electron chi connectivity index (χ2n) is 7.66. The van der Waals surface area contributed by atoms with E-state index in [1.54, 1.807) is 11.6 Å². The highest BCUT2D eigenvalue weighted by Crippen LogP contribution is 2.18. The fourth-order valence-electron chi connectivity index (χ4n) is 3.22. The fraction of sp³-hybridized carbons (Fsp3) is 0.476. The predicted octanol–water partition coefficient (Wildman–Crippen LogP) is 1.39. The maximum atomic E-state index is 12.8. The van der Waals surface area contributed by atoms with Crippen LogP contribution in [0.25, 0.3) is 11.2 Å². The zero-order valence-electron chi connectivity index (χ0n) is 18.0. The third-order valence-corrected chi connectivity index (χ3v) is 5.16. The van der Waals surface area contributed by atoms with Crippen LogP contribution in [0.3, 0.4) is 0 Å². The summed E-state index contributed by atoms with van der Waals surface area (Å²) in [7, 11) is 3.01. The van der Waals surface area contributed by atoms with Crippen LogP contribution in [0, 0.1) is 6.92 Å². The van der Waals surface area contributed by atoms with E-state index in [-0.39, 0.29) is 30.4 Å². The highest BCUT2D eigenvalue weighted by atomic mass is 16.5. The number of aliphatic hydroxyl groups is 1. The zero-order chi connectivity index (χ0) is 22.0. The summed E-state index contributed by atoms with van der Waals surface area (Å²) in [6.07, 6.45) is -0.0403. The Morgan fingerprint density at radius 3 is 2.63 bits per heavy atom. The summed E-state index contributed by atoms with van der Waals surface area (Å²) in [5.41, 5.74) is 0.702. The average molecular weight is 415 g/mol. The molecule has 0 aliphatic rings. The minimum atomic E-state index is -0.887. The lowest BCUT2D eigenvalue weighted by molar-refractivity contribution is 0.0937. The zero-order valence-corrected chi connectivity index (χ0v) is 18.0. The number of nitrogens with one attached hydrogen (secondary N) is 1. The van der Waals surface area contributed by atoms with Gasteiger partial charge >= 0.3 is 5.69 Å². The molecule has 1 aromatic carbocycles. The molecule has 0 saturated carbocycles. The van der Waals surface area contributed by atoms with E-state index in [1.165, 1.54) is 11.6 Å². The second kappa shape index (κ2) is 8.74. The van der Waals surface area contributed by atoms with Crippen LogP contribution in [0.4, 0.5) is 5.95 Å². The van der Waals surface area contributed by atoms with Crippen molar-refractivity contribution in [1.82, 2.24) is 18.7 Å². The molecule has 0 aliphatic heterocycles. The quantitative estimate of drug-likeness (QED) is 0.576. The van der Waals surface area contributed by atoms with Crippen LogP contribution in [-0.2, 0) is 20.6 Å². The number of fused-ring (bicyclic) bond motifs is 1. The lowest BCUT2D eigenvalue weighted by Gasteiger charge is -2.18. The van der Waals surface area contributed by atoms with Crippen molar-refractivity contribution in [3.8, 4) is 5.75 Å². The molecule has 2 aromatic heterocycles. The average Bonchev–Trinajstić information content (AvgIpc) is 3.07. The Hall–Kier alpha value is -3.07. The van der Waals surface area contributed by atoms with Crippen molar-refractivity contribution >= 4 is 17.1 Å². The van der Waals surface area contributed by atoms with Gasteiger partial charge in [0.15, 0.2) is 11.2 Å². The summed E-state index contributed by atoms with van der Waals surface area (Å²) in [6.45, 7) is 6.14. The van der Waals surface area contributed by atoms with Gasteiger partial charge in [0.05, 0.1) is 6.54 Å². The fourth-order valence-corrected chi connectivity index (χ4v) is 3.22. The summed E-state index contributed by atoms with van der Waals surface area (Å²) in [6, 6.07) is 7.67. The van der Waals surface area contributed by atoms with E-state index in [0.29, 0.717) is 11.7 Å². The summed E-state index contributed by atoms with van der Waals surface area (Å²) < 4.78 is 9.72. The number of rotatable bonds is 8. The first-order valence-electron chi connectivity index (χ1n) is 10.0. The van der Waals surface area contributed by atoms with Gasteiger partial charge in [-0.1, -0.05) is 19.1 Å². The Labute approximate surface area is 174 Å². The van der Waals surface area contributed by atoms with Crippen LogP contribution < -0.4 is 21.3 Å². The minimum absolute atomic E-state index is 0.0535. The van der Waals surface area contributed by atoms with E-state index in [2.05, 4.69) is 10.3 Å². The van der Waals surface area contributed by atoms with Crippen LogP contribution in [0.1, 0.15) is 25.8 Å². The molecule has 2 unspecified atom stereocenters. The molecule has 2 atom stereocenters. The van der Waals surface area contributed by atoms with Crippen LogP contribution in [-0.4, -0.2) is 42.5 Å². The van der Waals surface area contributed by atoms with Crippen molar-refractivity contribution in [2.45, 2.75) is 45.9 Å². The van der Waals surface area contributed by atoms with Gasteiger partial charge in [0.1, 0.15) is 18.5 Å². The van der Waals surface area contributed by atoms with Gasteiger partial charge in [-0.25, -0.2) is 4.79 Å². The van der Waals surface area contributed by atoms with Crippen LogP contribution >= 0.6 is 0 Å². The highest BCUT2D eigenvalue weighted by Gasteiger charge is 2.22. The number of hydrogen-bond donors (Lipinski definition) is 2. The van der Waals surface area contributed by atoms with E-state index in [0.717, 1.165) is 16.6 Å². The van der Waals surface area contributed by atoms with E-state index >= 15 is 0 Å². The SMILES string of the molecule is CCC(C)Nc1nc2c(c(=O)n(C)c(=O)n2C)n1CC(O)COc1cccc(C)c1. The maximum Gasteiger partial charge on any atom is 0.332 e. The first-order chi connectivity index (χ1) is 14.2. The maximum absolute atomic E-state index is 12.8. The van der Waals surface area contributed by atoms with Gasteiger partial charge in [0, 0.05) is 20.1 Å². The normalized spacial score (nSPS) is 13.4. The van der Waals surface area contributed by atoms with Crippen LogP contribution in [0.2, 0.25) is 0 Å². The van der Waals surface area contributed by atoms with Crippen molar-refractivity contribution in [3.63, 3.8) is 0 Å². The molecular formula is C21H29N5O4. The molecule has 3 aromatic rings. The molecular weight excluding hydrogens is 386 g/mol. The molecule has 162 valence electrons. The minimum Gasteiger partial charge on any atom is -0.491 e. The van der Waals surface area contributed by atoms with Gasteiger partial charge in [-0.05, 0) is 38.0 Å². The van der Waals surface area contributed by atoms with Crippen molar-refractivity contribution in [2.24, 2.45) is 14.1 Å². The van der Waals surface area contributed by atoms with Crippen molar-refractivity contribution in [2.75, 3.05) is 11.9 Å². The number of ether oxygens (including phenoxy) is 1. The monoisotopic (exact) mass is 415 g/mol. The number of nitrogens with zero attached hydrogens (tertiary/aromatic N) is 4. The number of aromatic nitrogens is 4. The summed E-state index contributed by atoms with van der Waals surface area (Å²) in [5, 5.41) is 13.9. The molecule has 0 fully saturated rings. The molecule has 0 spiro atoms. The Balaban J connectivity index is 1.96. The number of hydrogen-bond acceptors (Lipinski definition) is 6. The van der Waals surface area contributed by atoms with E-state index < -0.39 is 17.4 Å². The second-order valence-corrected chi connectivity index (χ2v) is 7.66. The van der Waals surface area contributed by atoms with E-state index in [9.17, 15) is 14.7 Å². The first-order valence-corrected chi connectivity index (χ1v) is 10.0. The molecule has 9 nitrogen and oxygen atoms in total. The molecule has 30 heavy (non-hydrogen) atoms. The van der Waals surface area contributed by atoms with Crippen molar-refractivity contribution in [3.05, 3.63) is 50.7 Å². The van der Waals surface area contributed by atoms with Gasteiger partial charge in [-0.15, -0.1) is 0 Å². The summed E-state index contributed by atoms with van der Waals surface area (Å²) in [5.74, 6) is 1.10. The Morgan fingerprint density at radius 2 is 1.97 bits per heavy atom. The Morgan fingerprint density at radius 1 is 1.23 bits per heavy atom. The molecule has 2 heterocycles. The standard InChI is InChI=1S/C21H29N5O4/c1-6-14(3)22-20-23-18-17(19(28)25(5)21(29)24(18)4)26(20)11-15(27)12-30-16-9-7-8-13(2)10-16/h7-10,14-15,27H,6,11-12H2,1-5H3,(H,22,23). The van der Waals surface area contributed by atoms with Gasteiger partial charge in [0.25, 0.3) is 5.56 Å². The van der Waals surface area contributed by atoms with Crippen LogP contribution in [0.15, 0.2) is 33.9 Å². The lowest BCUT2D eigenvalue weighted by Crippen LogP contribution is -2.38. The van der Waals surface area contributed by atoms with Gasteiger partial charge in [-0.2, -0.15) is 4.98 Å². The van der Waals surface area contributed by atoms with E-state index in [1.807, 2.05) is 45.0 Å². The third kappa shape index (κ3) is 4.25. The summed E-state index contributed by atoms with van der Waals surface area (Å²) in [4.78, 5) is 29.6. The highest BCUT2D eigenvalue weighted by molar-refractivity contribution is 5.74. The molecule has 2 N–H and O–H groups in total. The van der Waals surface area contributed by atoms with Crippen molar-refractivity contribution < 1.29 is 9.84 Å². The summed E-state index contributed by atoms with van der Waals surface area (Å²) >= 11 is 0. The molecule has 0 amide bonds. The van der Waals surface area contributed by atoms with Gasteiger partial charge in [-0.3, -0.25) is 13.9 Å². The molecule has 3 rings (SSSR count). The topological polar surface area (TPSA) is 103 Å². The number of aryl methyl sites for hydroxylation is 2. The Kier molecular flexibility index (Phi) is 6.31. The number of benzene rings is 1. The largest absolute Gasteiger partial charge is 0.491 e. The van der Waals surface area contributed by atoms with Crippen LogP contribution in [0.5, 0.6) is 5.75 Å². The van der Waals surface area contributed by atoms with Gasteiger partial charge in [0.2, 0.25) is 5.95 Å². The predicted molar refractivity (Wildman–Crippen MR) is 116 cm³/mol. The number of anilines is 1. The van der Waals surface area contributed by atoms with Gasteiger partial charge < -0.3 is 19.7 Å². The van der Waals surface area contributed by atoms with Crippen molar-refractivity contribution in [1.29, 1.82) is 0 Å². The molecule has 9 heteroatoms. The smallest absolute Gasteiger partial charge is 0.332 e. The number of imidazole rings is 1. The molecule has 0 saturated heterocycles. The molecule has 0 radical (unpaired) electrons. The number of aliphatic hydroxyl groups excluding tert-OH is 1.